The molecule has 14 heavy (non-hydrogen) atoms. The molecule has 73 valence electrons. The zero-order valence-corrected chi connectivity index (χ0v) is 9.91. The van der Waals surface area contributed by atoms with E-state index in [9.17, 15) is 0 Å². The number of hydrogen-bond acceptors (Lipinski definition) is 1. The molecule has 0 unspecified atom stereocenters. The fourth-order valence-corrected chi connectivity index (χ4v) is 1.16. The molecule has 0 aromatic carbocycles. The van der Waals surface area contributed by atoms with Gasteiger partial charge >= 0.3 is 93.7 Å². The van der Waals surface area contributed by atoms with Gasteiger partial charge in [0.2, 0.25) is 0 Å². The molecule has 1 aromatic heterocycles. The van der Waals surface area contributed by atoms with Crippen LogP contribution in [0.3, 0.4) is 0 Å². The average molecular weight is 225 g/mol. The Balaban J connectivity index is 2.62. The van der Waals surface area contributed by atoms with Crippen molar-refractivity contribution < 1.29 is 17.0 Å². The molecular weight excluding hydrogens is 211 g/mol. The molecule has 0 aliphatic carbocycles. The van der Waals surface area contributed by atoms with Gasteiger partial charge in [0, 0.05) is 0 Å². The molecule has 1 heterocycles. The molecule has 0 aliphatic rings. The first-order valence-corrected chi connectivity index (χ1v) is 5.22. The number of imidazole rings is 1. The van der Waals surface area contributed by atoms with E-state index in [0.29, 0.717) is 5.92 Å². The molecule has 0 saturated carbocycles. The van der Waals surface area contributed by atoms with Gasteiger partial charge in [-0.1, -0.05) is 0 Å². The Morgan fingerprint density at radius 1 is 1.50 bits per heavy atom. The molecular formula is C11H14N2V. The molecule has 2 nitrogen and oxygen atoms in total. The van der Waals surface area contributed by atoms with Crippen LogP contribution in [-0.4, -0.2) is 13.9 Å². The first kappa shape index (κ1) is 11.2. The van der Waals surface area contributed by atoms with Gasteiger partial charge < -0.3 is 0 Å². The van der Waals surface area contributed by atoms with E-state index in [0.717, 1.165) is 9.92 Å². The number of nitrogens with zero attached hydrogens (tertiary/aromatic N) is 2. The van der Waals surface area contributed by atoms with E-state index in [1.54, 1.807) is 12.5 Å². The summed E-state index contributed by atoms with van der Waals surface area (Å²) in [7, 11) is 0. The summed E-state index contributed by atoms with van der Waals surface area (Å²) in [6.07, 6.45) is 9.52. The first-order chi connectivity index (χ1) is 6.61. The molecule has 3 heteroatoms. The van der Waals surface area contributed by atoms with Crippen molar-refractivity contribution >= 4 is 4.35 Å². The van der Waals surface area contributed by atoms with Gasteiger partial charge in [0.1, 0.15) is 0 Å². The summed E-state index contributed by atoms with van der Waals surface area (Å²) in [5, 5.41) is 0. The van der Waals surface area contributed by atoms with Crippen molar-refractivity contribution in [1.82, 2.24) is 9.55 Å². The van der Waals surface area contributed by atoms with Gasteiger partial charge in [-0.05, 0) is 0 Å². The normalized spacial score (nSPS) is 11.0. The molecule has 0 spiro atoms. The van der Waals surface area contributed by atoms with Gasteiger partial charge in [-0.25, -0.2) is 0 Å². The summed E-state index contributed by atoms with van der Waals surface area (Å²) in [5.74, 6) is 0.495. The first-order valence-electron chi connectivity index (χ1n) is 4.52. The zero-order chi connectivity index (χ0) is 10.6. The van der Waals surface area contributed by atoms with Crippen LogP contribution < -0.4 is 0 Å². The second-order valence-corrected chi connectivity index (χ2v) is 4.11. The molecule has 0 radical (unpaired) electrons. The van der Waals surface area contributed by atoms with Crippen molar-refractivity contribution in [2.45, 2.75) is 13.8 Å². The second kappa shape index (κ2) is 5.13. The van der Waals surface area contributed by atoms with Crippen molar-refractivity contribution in [3.63, 3.8) is 0 Å². The summed E-state index contributed by atoms with van der Waals surface area (Å²) in [6.45, 7) is 8.24. The molecule has 1 rings (SSSR count). The van der Waals surface area contributed by atoms with Crippen molar-refractivity contribution in [1.29, 1.82) is 0 Å². The van der Waals surface area contributed by atoms with Crippen LogP contribution in [0.15, 0.2) is 43.0 Å². The van der Waals surface area contributed by atoms with E-state index >= 15 is 0 Å². The van der Waals surface area contributed by atoms with Gasteiger partial charge in [-0.2, -0.15) is 0 Å². The number of rotatable bonds is 4. The topological polar surface area (TPSA) is 17.8 Å². The third kappa shape index (κ3) is 3.13. The van der Waals surface area contributed by atoms with E-state index in [-0.39, 0.29) is 0 Å². The van der Waals surface area contributed by atoms with E-state index < -0.39 is 0 Å². The van der Waals surface area contributed by atoms with Crippen LogP contribution in [0, 0.1) is 5.92 Å². The summed E-state index contributed by atoms with van der Waals surface area (Å²) >= 11 is 2.52. The van der Waals surface area contributed by atoms with Crippen LogP contribution in [0.4, 0.5) is 0 Å². The molecule has 1 aromatic rings. The monoisotopic (exact) mass is 225 g/mol. The average Bonchev–Trinajstić information content (AvgIpc) is 2.66. The van der Waals surface area contributed by atoms with E-state index in [1.807, 2.05) is 22.9 Å². The fourth-order valence-electron chi connectivity index (χ4n) is 0.855. The molecule has 0 aliphatic heterocycles. The standard InChI is InChI=1S/C11H14N2.V/c1-10(2)11(3)5-4-7-13-8-6-12-9-13;/h4-6,8-10H,3H2,1-2H3;. The van der Waals surface area contributed by atoms with Gasteiger partial charge in [0.15, 0.2) is 0 Å². The maximum absolute atomic E-state index is 3.98. The third-order valence-electron chi connectivity index (χ3n) is 1.96. The molecule has 0 atom stereocenters. The minimum absolute atomic E-state index is 0.495. The Morgan fingerprint density at radius 3 is 2.71 bits per heavy atom. The Morgan fingerprint density at radius 2 is 2.21 bits per heavy atom. The summed E-state index contributed by atoms with van der Waals surface area (Å²) in [5.41, 5.74) is 1.13. The van der Waals surface area contributed by atoms with Crippen molar-refractivity contribution in [2.24, 2.45) is 5.92 Å². The van der Waals surface area contributed by atoms with E-state index in [2.05, 4.69) is 42.4 Å². The molecule has 0 N–H and O–H groups in total. The SMILES string of the molecule is C=C(C=C[C](=[V])n1ccnc1)C(C)C. The third-order valence-corrected chi connectivity index (χ3v) is 2.55. The molecule has 0 saturated heterocycles. The Labute approximate surface area is 93.8 Å². The zero-order valence-electron chi connectivity index (χ0n) is 8.51. The van der Waals surface area contributed by atoms with Crippen molar-refractivity contribution in [3.8, 4) is 0 Å². The number of aromatic nitrogens is 2. The minimum atomic E-state index is 0.495. The van der Waals surface area contributed by atoms with Gasteiger partial charge in [0.05, 0.1) is 0 Å². The van der Waals surface area contributed by atoms with Gasteiger partial charge in [0.25, 0.3) is 0 Å². The Hall–Kier alpha value is -0.856. The summed E-state index contributed by atoms with van der Waals surface area (Å²) in [6, 6.07) is 0. The predicted molar refractivity (Wildman–Crippen MR) is 55.8 cm³/mol. The quantitative estimate of drug-likeness (QED) is 0.718. The summed E-state index contributed by atoms with van der Waals surface area (Å²) in [4.78, 5) is 3.98. The Bertz CT molecular complexity index is 347. The predicted octanol–water partition coefficient (Wildman–Crippen LogP) is 2.18. The second-order valence-electron chi connectivity index (χ2n) is 3.39. The van der Waals surface area contributed by atoms with Crippen LogP contribution in [0.2, 0.25) is 0 Å². The molecule has 0 fully saturated rings. The van der Waals surface area contributed by atoms with Crippen LogP contribution >= 0.6 is 0 Å². The molecule has 0 bridgehead atoms. The molecule has 0 amide bonds. The van der Waals surface area contributed by atoms with Crippen LogP contribution in [0.1, 0.15) is 13.8 Å². The number of allylic oxidation sites excluding steroid dienone is 3. The van der Waals surface area contributed by atoms with Gasteiger partial charge in [-0.3, -0.25) is 0 Å². The van der Waals surface area contributed by atoms with Crippen LogP contribution in [0.5, 0.6) is 0 Å². The fraction of sp³-hybridized carbons (Fsp3) is 0.273. The van der Waals surface area contributed by atoms with E-state index in [1.165, 1.54) is 0 Å². The van der Waals surface area contributed by atoms with Crippen LogP contribution in [-0.2, 0) is 17.0 Å². The van der Waals surface area contributed by atoms with Crippen LogP contribution in [0.25, 0.3) is 0 Å². The van der Waals surface area contributed by atoms with E-state index in [4.69, 9.17) is 0 Å². The Kier molecular flexibility index (Phi) is 4.11. The van der Waals surface area contributed by atoms with Crippen molar-refractivity contribution in [3.05, 3.63) is 43.0 Å². The maximum atomic E-state index is 3.98. The van der Waals surface area contributed by atoms with Gasteiger partial charge in [-0.15, -0.1) is 0 Å². The summed E-state index contributed by atoms with van der Waals surface area (Å²) < 4.78 is 3.03. The number of hydrogen-bond donors (Lipinski definition) is 0. The van der Waals surface area contributed by atoms with Crippen molar-refractivity contribution in [2.75, 3.05) is 0 Å².